The minimum absolute atomic E-state index is 0.0103. The van der Waals surface area contributed by atoms with Crippen LogP contribution in [0, 0.1) is 10.1 Å². The van der Waals surface area contributed by atoms with Gasteiger partial charge in [-0.3, -0.25) is 10.1 Å². The predicted octanol–water partition coefficient (Wildman–Crippen LogP) is 1.81. The Labute approximate surface area is 117 Å². The second kappa shape index (κ2) is 6.63. The van der Waals surface area contributed by atoms with Crippen molar-refractivity contribution < 1.29 is 4.92 Å². The van der Waals surface area contributed by atoms with Gasteiger partial charge in [0, 0.05) is 19.1 Å². The Morgan fingerprint density at radius 1 is 1.53 bits per heavy atom. The van der Waals surface area contributed by atoms with E-state index in [0.29, 0.717) is 6.54 Å². The van der Waals surface area contributed by atoms with Gasteiger partial charge in [0.25, 0.3) is 0 Å². The van der Waals surface area contributed by atoms with E-state index >= 15 is 0 Å². The number of hydrogen-bond acceptors (Lipinski definition) is 6. The van der Waals surface area contributed by atoms with E-state index in [1.54, 1.807) is 0 Å². The van der Waals surface area contributed by atoms with Gasteiger partial charge < -0.3 is 9.80 Å². The van der Waals surface area contributed by atoms with Crippen LogP contribution in [-0.4, -0.2) is 53.0 Å². The minimum atomic E-state index is -0.489. The number of anilines is 1. The van der Waals surface area contributed by atoms with Crippen molar-refractivity contribution in [3.63, 3.8) is 0 Å². The van der Waals surface area contributed by atoms with Crippen LogP contribution in [0.4, 0.5) is 11.5 Å². The highest BCUT2D eigenvalue weighted by atomic mass is 35.5. The molecule has 0 saturated carbocycles. The fourth-order valence-corrected chi connectivity index (χ4v) is 2.11. The summed E-state index contributed by atoms with van der Waals surface area (Å²) in [5.41, 5.74) is -0.128. The predicted molar refractivity (Wildman–Crippen MR) is 74.7 cm³/mol. The maximum atomic E-state index is 11.0. The zero-order valence-electron chi connectivity index (χ0n) is 11.5. The standard InChI is InChI=1S/C11H18ClN5O2/c1-5-16(8(2)7-15(3)4)10-9(17(18)19)6-13-11(12)14-10/h6,8H,5,7H2,1-4H3. The first-order chi connectivity index (χ1) is 8.86. The maximum absolute atomic E-state index is 11.0. The third-order valence-electron chi connectivity index (χ3n) is 2.69. The van der Waals surface area contributed by atoms with Crippen molar-refractivity contribution in [1.82, 2.24) is 14.9 Å². The van der Waals surface area contributed by atoms with Gasteiger partial charge in [0.05, 0.1) is 4.92 Å². The molecule has 1 heterocycles. The van der Waals surface area contributed by atoms with Crippen LogP contribution in [0.2, 0.25) is 5.28 Å². The lowest BCUT2D eigenvalue weighted by atomic mass is 10.2. The lowest BCUT2D eigenvalue weighted by molar-refractivity contribution is -0.384. The number of aromatic nitrogens is 2. The van der Waals surface area contributed by atoms with Crippen LogP contribution in [0.1, 0.15) is 13.8 Å². The van der Waals surface area contributed by atoms with E-state index in [1.807, 2.05) is 37.7 Å². The summed E-state index contributed by atoms with van der Waals surface area (Å²) in [7, 11) is 3.90. The number of likely N-dealkylation sites (N-methyl/N-ethyl adjacent to an activating group) is 2. The second-order valence-electron chi connectivity index (χ2n) is 4.50. The molecule has 106 valence electrons. The summed E-state index contributed by atoms with van der Waals surface area (Å²) in [5.74, 6) is 0.266. The molecule has 1 aromatic heterocycles. The minimum Gasteiger partial charge on any atom is -0.347 e. The van der Waals surface area contributed by atoms with Gasteiger partial charge in [0.2, 0.25) is 11.1 Å². The van der Waals surface area contributed by atoms with Crippen LogP contribution in [0.15, 0.2) is 6.20 Å². The average molecular weight is 288 g/mol. The molecular formula is C11H18ClN5O2. The van der Waals surface area contributed by atoms with Crippen LogP contribution in [-0.2, 0) is 0 Å². The molecule has 0 radical (unpaired) electrons. The largest absolute Gasteiger partial charge is 0.347 e. The molecule has 8 heteroatoms. The van der Waals surface area contributed by atoms with Gasteiger partial charge >= 0.3 is 5.69 Å². The molecule has 1 rings (SSSR count). The Bertz CT molecular complexity index is 455. The molecule has 0 fully saturated rings. The molecule has 0 bridgehead atoms. The van der Waals surface area contributed by atoms with Crippen LogP contribution in [0.25, 0.3) is 0 Å². The van der Waals surface area contributed by atoms with E-state index in [0.717, 1.165) is 12.7 Å². The van der Waals surface area contributed by atoms with E-state index in [4.69, 9.17) is 11.6 Å². The van der Waals surface area contributed by atoms with Crippen molar-refractivity contribution in [1.29, 1.82) is 0 Å². The topological polar surface area (TPSA) is 75.4 Å². The molecule has 1 aromatic rings. The molecule has 0 aromatic carbocycles. The summed E-state index contributed by atoms with van der Waals surface area (Å²) >= 11 is 5.75. The van der Waals surface area contributed by atoms with Crippen LogP contribution >= 0.6 is 11.6 Å². The second-order valence-corrected chi connectivity index (χ2v) is 4.84. The normalized spacial score (nSPS) is 12.5. The molecule has 1 atom stereocenters. The molecule has 0 aliphatic heterocycles. The van der Waals surface area contributed by atoms with Gasteiger partial charge in [-0.15, -0.1) is 0 Å². The van der Waals surface area contributed by atoms with E-state index in [9.17, 15) is 10.1 Å². The third-order valence-corrected chi connectivity index (χ3v) is 2.87. The van der Waals surface area contributed by atoms with Gasteiger partial charge in [0.1, 0.15) is 6.20 Å². The van der Waals surface area contributed by atoms with Crippen molar-refractivity contribution in [3.05, 3.63) is 21.6 Å². The van der Waals surface area contributed by atoms with Crippen molar-refractivity contribution in [2.24, 2.45) is 0 Å². The van der Waals surface area contributed by atoms with Gasteiger partial charge in [-0.25, -0.2) is 4.98 Å². The molecule has 19 heavy (non-hydrogen) atoms. The fourth-order valence-electron chi connectivity index (χ4n) is 1.98. The first-order valence-electron chi connectivity index (χ1n) is 5.95. The highest BCUT2D eigenvalue weighted by Gasteiger charge is 2.25. The van der Waals surface area contributed by atoms with Gasteiger partial charge in [-0.2, -0.15) is 4.98 Å². The zero-order chi connectivity index (χ0) is 14.6. The Balaban J connectivity index is 3.16. The summed E-state index contributed by atoms with van der Waals surface area (Å²) in [5, 5.41) is 11.1. The molecule has 7 nitrogen and oxygen atoms in total. The maximum Gasteiger partial charge on any atom is 0.329 e. The molecule has 0 N–H and O–H groups in total. The molecular weight excluding hydrogens is 270 g/mol. The fraction of sp³-hybridized carbons (Fsp3) is 0.636. The van der Waals surface area contributed by atoms with E-state index in [2.05, 4.69) is 9.97 Å². The number of nitro groups is 1. The highest BCUT2D eigenvalue weighted by Crippen LogP contribution is 2.27. The SMILES string of the molecule is CCN(c1nc(Cl)ncc1[N+](=O)[O-])C(C)CN(C)C. The van der Waals surface area contributed by atoms with Crippen molar-refractivity contribution in [2.45, 2.75) is 19.9 Å². The van der Waals surface area contributed by atoms with Crippen LogP contribution < -0.4 is 4.90 Å². The van der Waals surface area contributed by atoms with Crippen LogP contribution in [0.3, 0.4) is 0 Å². The molecule has 1 unspecified atom stereocenters. The van der Waals surface area contributed by atoms with E-state index in [-0.39, 0.29) is 22.8 Å². The lowest BCUT2D eigenvalue weighted by Gasteiger charge is -2.30. The van der Waals surface area contributed by atoms with Crippen molar-refractivity contribution in [3.8, 4) is 0 Å². The third kappa shape index (κ3) is 4.00. The summed E-state index contributed by atoms with van der Waals surface area (Å²) in [6.45, 7) is 5.27. The number of nitrogens with zero attached hydrogens (tertiary/aromatic N) is 5. The smallest absolute Gasteiger partial charge is 0.329 e. The number of rotatable bonds is 6. The number of halogens is 1. The summed E-state index contributed by atoms with van der Waals surface area (Å²) in [4.78, 5) is 22.1. The van der Waals surface area contributed by atoms with Crippen molar-refractivity contribution >= 4 is 23.1 Å². The zero-order valence-corrected chi connectivity index (χ0v) is 12.3. The Kier molecular flexibility index (Phi) is 5.44. The highest BCUT2D eigenvalue weighted by molar-refractivity contribution is 6.28. The molecule has 0 aliphatic carbocycles. The summed E-state index contributed by atoms with van der Waals surface area (Å²) < 4.78 is 0. The van der Waals surface area contributed by atoms with Gasteiger partial charge in [-0.1, -0.05) is 0 Å². The Hall–Kier alpha value is -1.47. The number of hydrogen-bond donors (Lipinski definition) is 0. The summed E-state index contributed by atoms with van der Waals surface area (Å²) in [6.07, 6.45) is 1.15. The summed E-state index contributed by atoms with van der Waals surface area (Å²) in [6, 6.07) is 0.0738. The quantitative estimate of drug-likeness (QED) is 0.451. The van der Waals surface area contributed by atoms with Gasteiger partial charge in [0.15, 0.2) is 0 Å². The Morgan fingerprint density at radius 2 is 2.16 bits per heavy atom. The molecule has 0 saturated heterocycles. The first-order valence-corrected chi connectivity index (χ1v) is 6.32. The monoisotopic (exact) mass is 287 g/mol. The van der Waals surface area contributed by atoms with E-state index < -0.39 is 4.92 Å². The first kappa shape index (κ1) is 15.6. The van der Waals surface area contributed by atoms with E-state index in [1.165, 1.54) is 0 Å². The Morgan fingerprint density at radius 3 is 2.63 bits per heavy atom. The van der Waals surface area contributed by atoms with Crippen molar-refractivity contribution in [2.75, 3.05) is 32.1 Å². The average Bonchev–Trinajstić information content (AvgIpc) is 2.28. The lowest BCUT2D eigenvalue weighted by Crippen LogP contribution is -2.40. The molecule has 0 spiro atoms. The van der Waals surface area contributed by atoms with Crippen LogP contribution in [0.5, 0.6) is 0 Å². The molecule has 0 amide bonds. The van der Waals surface area contributed by atoms with Gasteiger partial charge in [-0.05, 0) is 39.5 Å². The molecule has 0 aliphatic rings.